The Bertz CT molecular complexity index is 831. The molecule has 1 aliphatic rings. The van der Waals surface area contributed by atoms with Crippen molar-refractivity contribution in [2.45, 2.75) is 32.2 Å². The van der Waals surface area contributed by atoms with E-state index in [9.17, 15) is 18.0 Å². The monoisotopic (exact) mass is 428 g/mol. The Labute approximate surface area is 171 Å². The number of halogens is 4. The van der Waals surface area contributed by atoms with Crippen molar-refractivity contribution in [1.82, 2.24) is 15.5 Å². The summed E-state index contributed by atoms with van der Waals surface area (Å²) in [4.78, 5) is 14.7. The molecule has 1 aliphatic heterocycles. The molecule has 0 aliphatic carbocycles. The highest BCUT2D eigenvalue weighted by atomic mass is 35.5. The van der Waals surface area contributed by atoms with Gasteiger partial charge in [0.25, 0.3) is 0 Å². The van der Waals surface area contributed by atoms with E-state index in [4.69, 9.17) is 11.6 Å². The molecule has 0 bridgehead atoms. The zero-order valence-corrected chi connectivity index (χ0v) is 16.4. The molecule has 10 heteroatoms. The van der Waals surface area contributed by atoms with Crippen molar-refractivity contribution in [1.29, 1.82) is 0 Å². The molecule has 1 aromatic heterocycles. The van der Waals surface area contributed by atoms with Gasteiger partial charge in [0, 0.05) is 13.1 Å². The summed E-state index contributed by atoms with van der Waals surface area (Å²) in [5, 5.41) is 11.1. The molecule has 0 unspecified atom stereocenters. The van der Waals surface area contributed by atoms with Crippen molar-refractivity contribution < 1.29 is 22.7 Å². The fourth-order valence-corrected chi connectivity index (χ4v) is 3.35. The Balaban J connectivity index is 1.58. The Morgan fingerprint density at radius 2 is 1.97 bits per heavy atom. The van der Waals surface area contributed by atoms with Crippen molar-refractivity contribution in [3.63, 3.8) is 0 Å². The number of rotatable bonds is 5. The van der Waals surface area contributed by atoms with Crippen LogP contribution in [0, 0.1) is 5.92 Å². The third-order valence-electron chi connectivity index (χ3n) is 4.71. The third kappa shape index (κ3) is 5.96. The predicted octanol–water partition coefficient (Wildman–Crippen LogP) is 4.12. The number of nitrogens with zero attached hydrogens (tertiary/aromatic N) is 3. The Hall–Kier alpha value is -2.55. The van der Waals surface area contributed by atoms with Crippen LogP contribution in [-0.2, 0) is 4.79 Å². The Morgan fingerprint density at radius 3 is 2.59 bits per heavy atom. The van der Waals surface area contributed by atoms with Gasteiger partial charge in [-0.25, -0.2) is 0 Å². The van der Waals surface area contributed by atoms with Crippen molar-refractivity contribution >= 4 is 23.3 Å². The molecule has 6 nitrogen and oxygen atoms in total. The molecule has 0 spiro atoms. The Morgan fingerprint density at radius 1 is 1.24 bits per heavy atom. The van der Waals surface area contributed by atoms with Gasteiger partial charge in [0.2, 0.25) is 5.91 Å². The van der Waals surface area contributed by atoms with E-state index in [0.717, 1.165) is 19.4 Å². The zero-order valence-electron chi connectivity index (χ0n) is 15.6. The lowest BCUT2D eigenvalue weighted by molar-refractivity contribution is -0.274. The van der Waals surface area contributed by atoms with E-state index in [1.807, 2.05) is 4.90 Å². The van der Waals surface area contributed by atoms with Gasteiger partial charge in [-0.05, 0) is 49.6 Å². The maximum atomic E-state index is 12.7. The van der Waals surface area contributed by atoms with Crippen LogP contribution in [0.3, 0.4) is 0 Å². The zero-order chi connectivity index (χ0) is 21.0. The first-order chi connectivity index (χ1) is 13.7. The van der Waals surface area contributed by atoms with Crippen LogP contribution in [0.1, 0.15) is 31.4 Å². The fraction of sp³-hybridized carbons (Fsp3) is 0.421. The highest BCUT2D eigenvalue weighted by molar-refractivity contribution is 6.29. The maximum Gasteiger partial charge on any atom is 0.573 e. The average molecular weight is 429 g/mol. The second-order valence-electron chi connectivity index (χ2n) is 6.85. The largest absolute Gasteiger partial charge is 0.573 e. The molecular weight excluding hydrogens is 409 g/mol. The van der Waals surface area contributed by atoms with Crippen LogP contribution in [0.4, 0.5) is 19.0 Å². The first-order valence-electron chi connectivity index (χ1n) is 9.11. The first-order valence-corrected chi connectivity index (χ1v) is 9.49. The van der Waals surface area contributed by atoms with Crippen molar-refractivity contribution in [2.75, 3.05) is 18.0 Å². The lowest BCUT2D eigenvalue weighted by Gasteiger charge is -2.33. The summed E-state index contributed by atoms with van der Waals surface area (Å²) in [5.74, 6) is 0.0308. The number of piperidine rings is 1. The predicted molar refractivity (Wildman–Crippen MR) is 102 cm³/mol. The second-order valence-corrected chi connectivity index (χ2v) is 7.23. The number of carbonyl (C=O) groups excluding carboxylic acids is 1. The van der Waals surface area contributed by atoms with Crippen LogP contribution in [0.5, 0.6) is 5.75 Å². The van der Waals surface area contributed by atoms with Gasteiger partial charge in [0.05, 0.1) is 12.0 Å². The van der Waals surface area contributed by atoms with Gasteiger partial charge in [0.1, 0.15) is 5.75 Å². The highest BCUT2D eigenvalue weighted by Crippen LogP contribution is 2.26. The number of benzene rings is 1. The third-order valence-corrected chi connectivity index (χ3v) is 4.91. The van der Waals surface area contributed by atoms with E-state index in [1.165, 1.54) is 24.3 Å². The van der Waals surface area contributed by atoms with Crippen molar-refractivity contribution in [3.05, 3.63) is 47.1 Å². The molecule has 1 fully saturated rings. The number of carbonyl (C=O) groups is 1. The summed E-state index contributed by atoms with van der Waals surface area (Å²) < 4.78 is 40.6. The molecule has 3 rings (SSSR count). The summed E-state index contributed by atoms with van der Waals surface area (Å²) >= 11 is 5.77. The number of alkyl halides is 3. The number of nitrogens with one attached hydrogen (secondary N) is 1. The van der Waals surface area contributed by atoms with E-state index < -0.39 is 6.36 Å². The lowest BCUT2D eigenvalue weighted by Crippen LogP contribution is -2.44. The van der Waals surface area contributed by atoms with Crippen molar-refractivity contribution in [3.8, 4) is 5.75 Å². The number of aromatic nitrogens is 2. The molecule has 2 atom stereocenters. The van der Waals surface area contributed by atoms with E-state index in [1.54, 1.807) is 19.1 Å². The standard InChI is InChI=1S/C19H20ClF3N4O2/c1-12(13-4-6-15(7-5-13)29-19(21,22)23)24-18(28)14-3-2-10-27(11-14)17-9-8-16(20)25-26-17/h4-9,12,14H,2-3,10-11H2,1H3,(H,24,28)/t12-,14+/m0/s1. The molecule has 0 radical (unpaired) electrons. The lowest BCUT2D eigenvalue weighted by atomic mass is 9.96. The van der Waals surface area contributed by atoms with Crippen LogP contribution in [0.25, 0.3) is 0 Å². The number of anilines is 1. The SMILES string of the molecule is C[C@H](NC(=O)[C@@H]1CCCN(c2ccc(Cl)nn2)C1)c1ccc(OC(F)(F)F)cc1. The minimum absolute atomic E-state index is 0.111. The summed E-state index contributed by atoms with van der Waals surface area (Å²) in [7, 11) is 0. The molecule has 29 heavy (non-hydrogen) atoms. The molecular formula is C19H20ClF3N4O2. The summed E-state index contributed by atoms with van der Waals surface area (Å²) in [6, 6.07) is 8.53. The van der Waals surface area contributed by atoms with Gasteiger partial charge in [-0.15, -0.1) is 23.4 Å². The molecule has 1 saturated heterocycles. The first kappa shape index (κ1) is 21.2. The van der Waals surface area contributed by atoms with Gasteiger partial charge < -0.3 is 15.0 Å². The normalized spacial score (nSPS) is 18.2. The van der Waals surface area contributed by atoms with E-state index in [2.05, 4.69) is 20.3 Å². The fourth-order valence-electron chi connectivity index (χ4n) is 3.25. The molecule has 0 saturated carbocycles. The maximum absolute atomic E-state index is 12.7. The minimum atomic E-state index is -4.73. The quantitative estimate of drug-likeness (QED) is 0.775. The van der Waals surface area contributed by atoms with Crippen LogP contribution in [-0.4, -0.2) is 35.6 Å². The second kappa shape index (κ2) is 8.86. The number of amides is 1. The smallest absolute Gasteiger partial charge is 0.406 e. The Kier molecular flexibility index (Phi) is 6.46. The average Bonchev–Trinajstić information content (AvgIpc) is 2.68. The number of hydrogen-bond donors (Lipinski definition) is 1. The summed E-state index contributed by atoms with van der Waals surface area (Å²) in [5.41, 5.74) is 0.684. The minimum Gasteiger partial charge on any atom is -0.406 e. The van der Waals surface area contributed by atoms with Crippen LogP contribution in [0.2, 0.25) is 5.15 Å². The van der Waals surface area contributed by atoms with Gasteiger partial charge in [0.15, 0.2) is 11.0 Å². The van der Waals surface area contributed by atoms with Gasteiger partial charge in [-0.1, -0.05) is 23.7 Å². The van der Waals surface area contributed by atoms with E-state index in [-0.39, 0.29) is 23.6 Å². The summed E-state index contributed by atoms with van der Waals surface area (Å²) in [6.45, 7) is 3.06. The highest BCUT2D eigenvalue weighted by Gasteiger charge is 2.31. The summed E-state index contributed by atoms with van der Waals surface area (Å²) in [6.07, 6.45) is -3.16. The molecule has 1 N–H and O–H groups in total. The van der Waals surface area contributed by atoms with Crippen LogP contribution in [0.15, 0.2) is 36.4 Å². The number of ether oxygens (including phenoxy) is 1. The van der Waals surface area contributed by atoms with Gasteiger partial charge >= 0.3 is 6.36 Å². The molecule has 2 heterocycles. The molecule has 1 amide bonds. The van der Waals surface area contributed by atoms with Crippen LogP contribution < -0.4 is 15.0 Å². The topological polar surface area (TPSA) is 67.4 Å². The van der Waals surface area contributed by atoms with E-state index >= 15 is 0 Å². The van der Waals surface area contributed by atoms with Gasteiger partial charge in [-0.2, -0.15) is 0 Å². The van der Waals surface area contributed by atoms with E-state index in [0.29, 0.717) is 23.1 Å². The number of hydrogen-bond acceptors (Lipinski definition) is 5. The molecule has 1 aromatic carbocycles. The molecule has 156 valence electrons. The van der Waals surface area contributed by atoms with Gasteiger partial charge in [-0.3, -0.25) is 4.79 Å². The van der Waals surface area contributed by atoms with Crippen LogP contribution >= 0.6 is 11.6 Å². The molecule has 2 aromatic rings. The van der Waals surface area contributed by atoms with Crippen molar-refractivity contribution in [2.24, 2.45) is 5.92 Å².